The summed E-state index contributed by atoms with van der Waals surface area (Å²) >= 11 is 0. The highest BCUT2D eigenvalue weighted by Gasteiger charge is 2.25. The molecule has 0 heterocycles. The molecule has 8 nitrogen and oxygen atoms in total. The lowest BCUT2D eigenvalue weighted by Crippen LogP contribution is -2.44. The summed E-state index contributed by atoms with van der Waals surface area (Å²) in [6.45, 7) is -0.391. The van der Waals surface area contributed by atoms with Crippen molar-refractivity contribution in [1.29, 1.82) is 0 Å². The maximum absolute atomic E-state index is 13.6. The fourth-order valence-electron chi connectivity index (χ4n) is 1.43. The molecule has 0 saturated carbocycles. The summed E-state index contributed by atoms with van der Waals surface area (Å²) in [5.74, 6) is -5.42. The third-order valence-electron chi connectivity index (χ3n) is 2.41. The summed E-state index contributed by atoms with van der Waals surface area (Å²) in [4.78, 5) is 31.7. The highest BCUT2D eigenvalue weighted by atomic mass is 19.1. The number of carboxylic acid groups (broad SMARTS) is 1. The van der Waals surface area contributed by atoms with Crippen LogP contribution in [0.5, 0.6) is 0 Å². The number of carboxylic acids is 1. The standard InChI is InChI=1S/C11H10F2N2O6/c1-21-4-8(11(17)18)14-10(16)5-2-7(13)9(15(19)20)3-6(5)12/h2-3,8H,4H2,1H3,(H,14,16)(H,17,18). The fourth-order valence-corrected chi connectivity index (χ4v) is 1.43. The van der Waals surface area contributed by atoms with Crippen molar-refractivity contribution in [2.75, 3.05) is 13.7 Å². The molecule has 114 valence electrons. The van der Waals surface area contributed by atoms with Crippen LogP contribution in [-0.4, -0.2) is 41.7 Å². The zero-order valence-corrected chi connectivity index (χ0v) is 10.6. The first-order valence-electron chi connectivity index (χ1n) is 5.44. The molecule has 0 aliphatic carbocycles. The van der Waals surface area contributed by atoms with E-state index in [0.29, 0.717) is 6.07 Å². The van der Waals surface area contributed by atoms with Crippen LogP contribution in [-0.2, 0) is 9.53 Å². The minimum absolute atomic E-state index is 0.246. The molecule has 0 aliphatic rings. The van der Waals surface area contributed by atoms with E-state index >= 15 is 0 Å². The zero-order chi connectivity index (χ0) is 16.2. The summed E-state index contributed by atoms with van der Waals surface area (Å²) in [6.07, 6.45) is 0. The summed E-state index contributed by atoms with van der Waals surface area (Å²) in [5, 5.41) is 21.1. The van der Waals surface area contributed by atoms with Gasteiger partial charge in [-0.2, -0.15) is 4.39 Å². The van der Waals surface area contributed by atoms with Crippen molar-refractivity contribution in [2.24, 2.45) is 0 Å². The lowest BCUT2D eigenvalue weighted by molar-refractivity contribution is -0.387. The Hall–Kier alpha value is -2.62. The van der Waals surface area contributed by atoms with Crippen molar-refractivity contribution < 1.29 is 33.1 Å². The topological polar surface area (TPSA) is 119 Å². The Labute approximate surface area is 116 Å². The van der Waals surface area contributed by atoms with Crippen LogP contribution in [0.2, 0.25) is 0 Å². The van der Waals surface area contributed by atoms with E-state index in [2.05, 4.69) is 4.74 Å². The van der Waals surface area contributed by atoms with Crippen LogP contribution >= 0.6 is 0 Å². The Morgan fingerprint density at radius 3 is 2.52 bits per heavy atom. The number of aliphatic carboxylic acids is 1. The van der Waals surface area contributed by atoms with E-state index in [1.165, 1.54) is 7.11 Å². The third kappa shape index (κ3) is 3.92. The number of benzene rings is 1. The molecule has 0 radical (unpaired) electrons. The van der Waals surface area contributed by atoms with Gasteiger partial charge in [-0.25, -0.2) is 9.18 Å². The highest BCUT2D eigenvalue weighted by molar-refractivity contribution is 5.97. The smallest absolute Gasteiger partial charge is 0.328 e. The minimum Gasteiger partial charge on any atom is -0.480 e. The molecule has 21 heavy (non-hydrogen) atoms. The summed E-state index contributed by atoms with van der Waals surface area (Å²) in [7, 11) is 1.19. The SMILES string of the molecule is COCC(NC(=O)c1cc(F)c([N+](=O)[O-])cc1F)C(=O)O. The maximum Gasteiger partial charge on any atom is 0.328 e. The Bertz CT molecular complexity index is 592. The average Bonchev–Trinajstić information content (AvgIpc) is 2.39. The van der Waals surface area contributed by atoms with Gasteiger partial charge in [0.1, 0.15) is 5.82 Å². The molecule has 0 aromatic heterocycles. The monoisotopic (exact) mass is 304 g/mol. The molecule has 1 unspecified atom stereocenters. The molecular formula is C11H10F2N2O6. The second kappa shape index (κ2) is 6.70. The van der Waals surface area contributed by atoms with Gasteiger partial charge >= 0.3 is 11.7 Å². The summed E-state index contributed by atoms with van der Waals surface area (Å²) in [6, 6.07) is -0.898. The molecule has 1 aromatic carbocycles. The van der Waals surface area contributed by atoms with Crippen molar-refractivity contribution in [3.05, 3.63) is 39.4 Å². The molecule has 2 N–H and O–H groups in total. The van der Waals surface area contributed by atoms with Crippen molar-refractivity contribution in [2.45, 2.75) is 6.04 Å². The number of methoxy groups -OCH3 is 1. The van der Waals surface area contributed by atoms with Crippen LogP contribution in [0.25, 0.3) is 0 Å². The molecule has 0 aliphatic heterocycles. The number of carbonyl (C=O) groups is 2. The van der Waals surface area contributed by atoms with E-state index in [1.807, 2.05) is 5.32 Å². The number of halogens is 2. The van der Waals surface area contributed by atoms with Gasteiger partial charge in [0.2, 0.25) is 5.82 Å². The van der Waals surface area contributed by atoms with Crippen LogP contribution in [0.15, 0.2) is 12.1 Å². The highest BCUT2D eigenvalue weighted by Crippen LogP contribution is 2.21. The first-order valence-corrected chi connectivity index (χ1v) is 5.44. The fraction of sp³-hybridized carbons (Fsp3) is 0.273. The first kappa shape index (κ1) is 16.4. The molecule has 0 fully saturated rings. The van der Waals surface area contributed by atoms with E-state index in [4.69, 9.17) is 5.11 Å². The molecule has 1 rings (SSSR count). The Morgan fingerprint density at radius 1 is 1.43 bits per heavy atom. The van der Waals surface area contributed by atoms with Gasteiger partial charge in [-0.05, 0) is 6.07 Å². The molecule has 0 saturated heterocycles. The van der Waals surface area contributed by atoms with Gasteiger partial charge in [0, 0.05) is 7.11 Å². The normalized spacial score (nSPS) is 11.8. The minimum atomic E-state index is -1.47. The van der Waals surface area contributed by atoms with E-state index in [0.717, 1.165) is 0 Å². The van der Waals surface area contributed by atoms with E-state index in [1.54, 1.807) is 0 Å². The van der Waals surface area contributed by atoms with Gasteiger partial charge < -0.3 is 15.2 Å². The molecule has 0 spiro atoms. The van der Waals surface area contributed by atoms with E-state index < -0.39 is 52.3 Å². The molecule has 10 heteroatoms. The third-order valence-corrected chi connectivity index (χ3v) is 2.41. The van der Waals surface area contributed by atoms with Gasteiger partial charge in [0.15, 0.2) is 6.04 Å². The zero-order valence-electron chi connectivity index (χ0n) is 10.6. The molecule has 1 atom stereocenters. The van der Waals surface area contributed by atoms with Crippen LogP contribution in [0, 0.1) is 21.7 Å². The maximum atomic E-state index is 13.6. The van der Waals surface area contributed by atoms with Crippen molar-refractivity contribution in [1.82, 2.24) is 5.32 Å². The second-order valence-corrected chi connectivity index (χ2v) is 3.86. The molecular weight excluding hydrogens is 294 g/mol. The van der Waals surface area contributed by atoms with Crippen molar-refractivity contribution >= 4 is 17.6 Å². The number of nitro groups is 1. The van der Waals surface area contributed by atoms with Crippen molar-refractivity contribution in [3.63, 3.8) is 0 Å². The Balaban J connectivity index is 3.05. The van der Waals surface area contributed by atoms with Gasteiger partial charge in [-0.15, -0.1) is 0 Å². The molecule has 1 aromatic rings. The lowest BCUT2D eigenvalue weighted by atomic mass is 10.1. The number of nitrogens with zero attached hydrogens (tertiary/aromatic N) is 1. The number of nitrogens with one attached hydrogen (secondary N) is 1. The number of hydrogen-bond donors (Lipinski definition) is 2. The quantitative estimate of drug-likeness (QED) is 0.590. The van der Waals surface area contributed by atoms with Gasteiger partial charge in [0.05, 0.1) is 23.2 Å². The summed E-state index contributed by atoms with van der Waals surface area (Å²) < 4.78 is 31.5. The Kier molecular flexibility index (Phi) is 5.24. The lowest BCUT2D eigenvalue weighted by Gasteiger charge is -2.13. The second-order valence-electron chi connectivity index (χ2n) is 3.86. The number of rotatable bonds is 6. The summed E-state index contributed by atoms with van der Waals surface area (Å²) in [5.41, 5.74) is -1.98. The number of hydrogen-bond acceptors (Lipinski definition) is 5. The first-order chi connectivity index (χ1) is 9.77. The average molecular weight is 304 g/mol. The van der Waals surface area contributed by atoms with E-state index in [9.17, 15) is 28.5 Å². The van der Waals surface area contributed by atoms with Gasteiger partial charge in [-0.1, -0.05) is 0 Å². The number of ether oxygens (including phenoxy) is 1. The van der Waals surface area contributed by atoms with Crippen LogP contribution in [0.3, 0.4) is 0 Å². The predicted octanol–water partition coefficient (Wildman–Crippen LogP) is 0.702. The van der Waals surface area contributed by atoms with Gasteiger partial charge in [-0.3, -0.25) is 14.9 Å². The number of carbonyl (C=O) groups excluding carboxylic acids is 1. The van der Waals surface area contributed by atoms with Gasteiger partial charge in [0.25, 0.3) is 5.91 Å². The van der Waals surface area contributed by atoms with Crippen LogP contribution in [0.1, 0.15) is 10.4 Å². The molecule has 0 bridgehead atoms. The Morgan fingerprint density at radius 2 is 2.05 bits per heavy atom. The van der Waals surface area contributed by atoms with Crippen molar-refractivity contribution in [3.8, 4) is 0 Å². The molecule has 1 amide bonds. The van der Waals surface area contributed by atoms with Crippen LogP contribution < -0.4 is 5.32 Å². The number of nitro benzene ring substituents is 1. The number of amides is 1. The van der Waals surface area contributed by atoms with Crippen LogP contribution in [0.4, 0.5) is 14.5 Å². The largest absolute Gasteiger partial charge is 0.480 e. The predicted molar refractivity (Wildman–Crippen MR) is 63.8 cm³/mol. The van der Waals surface area contributed by atoms with E-state index in [-0.39, 0.29) is 6.07 Å².